The third-order valence-corrected chi connectivity index (χ3v) is 0.840. The van der Waals surface area contributed by atoms with Gasteiger partial charge in [-0.15, -0.1) is 0 Å². The molecule has 0 aliphatic carbocycles. The van der Waals surface area contributed by atoms with Gasteiger partial charge in [0.1, 0.15) is 0 Å². The van der Waals surface area contributed by atoms with Crippen LogP contribution >= 0.6 is 11.6 Å². The van der Waals surface area contributed by atoms with Gasteiger partial charge >= 0.3 is 0 Å². The molecule has 0 saturated heterocycles. The third kappa shape index (κ3) is 4.15. The Morgan fingerprint density at radius 1 is 1.33 bits per heavy atom. The monoisotopic (exact) mass is 150 g/mol. The minimum Gasteiger partial charge on any atom is -0.465 e. The van der Waals surface area contributed by atoms with E-state index in [1.165, 1.54) is 5.54 Å². The fraction of sp³-hybridized carbons (Fsp3) is 0.667. The van der Waals surface area contributed by atoms with Crippen molar-refractivity contribution in [2.45, 2.75) is 13.8 Å². The van der Waals surface area contributed by atoms with Crippen LogP contribution in [0.1, 0.15) is 13.8 Å². The smallest absolute Gasteiger partial charge is 0.290 e. The van der Waals surface area contributed by atoms with E-state index >= 15 is 0 Å². The molecule has 0 saturated carbocycles. The molecule has 0 atom stereocenters. The van der Waals surface area contributed by atoms with Crippen molar-refractivity contribution in [3.63, 3.8) is 0 Å². The van der Waals surface area contributed by atoms with Gasteiger partial charge in [0.15, 0.2) is 0 Å². The highest BCUT2D eigenvalue weighted by atomic mass is 35.5. The second-order valence-electron chi connectivity index (χ2n) is 1.29. The summed E-state index contributed by atoms with van der Waals surface area (Å²) in [6.45, 7) is 4.91. The van der Waals surface area contributed by atoms with E-state index in [2.05, 4.69) is 0 Å². The Bertz CT molecular complexity index is 83.1. The average Bonchev–Trinajstić information content (AvgIpc) is 1.88. The molecular weight excluding hydrogens is 140 g/mol. The Balaban J connectivity index is 3.43. The molecule has 0 aromatic carbocycles. The van der Waals surface area contributed by atoms with Gasteiger partial charge in [-0.05, 0) is 13.8 Å². The van der Waals surface area contributed by atoms with Crippen LogP contribution in [0.2, 0.25) is 0 Å². The van der Waals surface area contributed by atoms with Crippen LogP contribution in [-0.2, 0) is 9.47 Å². The molecule has 0 fully saturated rings. The van der Waals surface area contributed by atoms with Gasteiger partial charge in [-0.1, -0.05) is 11.6 Å². The number of hydrogen-bond acceptors (Lipinski definition) is 2. The van der Waals surface area contributed by atoms with E-state index in [0.717, 1.165) is 0 Å². The molecule has 0 unspecified atom stereocenters. The fourth-order valence-electron chi connectivity index (χ4n) is 0.389. The maximum atomic E-state index is 5.31. The lowest BCUT2D eigenvalue weighted by atomic mass is 10.8. The van der Waals surface area contributed by atoms with Gasteiger partial charge < -0.3 is 9.47 Å². The number of halogens is 1. The van der Waals surface area contributed by atoms with E-state index in [9.17, 15) is 0 Å². The Hall–Kier alpha value is -0.370. The Morgan fingerprint density at radius 3 is 2.00 bits per heavy atom. The normalized spacial score (nSPS) is 8.33. The van der Waals surface area contributed by atoms with Crippen LogP contribution in [-0.4, -0.2) is 13.2 Å². The van der Waals surface area contributed by atoms with Crippen LogP contribution in [0.4, 0.5) is 0 Å². The molecule has 0 aromatic heterocycles. The summed E-state index contributed by atoms with van der Waals surface area (Å²) >= 11 is 5.31. The van der Waals surface area contributed by atoms with E-state index < -0.39 is 0 Å². The van der Waals surface area contributed by atoms with Gasteiger partial charge in [0.25, 0.3) is 5.95 Å². The summed E-state index contributed by atoms with van der Waals surface area (Å²) in [5.41, 5.74) is 1.28. The molecule has 0 spiro atoms. The van der Waals surface area contributed by atoms with Crippen LogP contribution in [0, 0.1) is 0 Å². The Kier molecular flexibility index (Phi) is 5.52. The Labute approximate surface area is 60.4 Å². The summed E-state index contributed by atoms with van der Waals surface area (Å²) < 4.78 is 9.88. The number of ether oxygens (including phenoxy) is 2. The van der Waals surface area contributed by atoms with Crippen LogP contribution in [0.3, 0.4) is 0 Å². The summed E-state index contributed by atoms with van der Waals surface area (Å²) in [5, 5.41) is 0. The first-order chi connectivity index (χ1) is 4.35. The van der Waals surface area contributed by atoms with E-state index in [4.69, 9.17) is 21.1 Å². The standard InChI is InChI=1S/C6H11ClO2/c1-3-8-6(5-7)9-4-2/h5H,3-4H2,1-2H3. The summed E-state index contributed by atoms with van der Waals surface area (Å²) in [6.07, 6.45) is 0. The molecular formula is C6H11ClO2. The Morgan fingerprint density at radius 2 is 1.78 bits per heavy atom. The van der Waals surface area contributed by atoms with Gasteiger partial charge in [0.2, 0.25) is 0 Å². The van der Waals surface area contributed by atoms with Crippen molar-refractivity contribution in [3.8, 4) is 0 Å². The first kappa shape index (κ1) is 8.63. The lowest BCUT2D eigenvalue weighted by Crippen LogP contribution is -1.95. The van der Waals surface area contributed by atoms with Crippen LogP contribution in [0.15, 0.2) is 11.5 Å². The topological polar surface area (TPSA) is 18.5 Å². The molecule has 3 heteroatoms. The summed E-state index contributed by atoms with van der Waals surface area (Å²) in [5.74, 6) is 0.390. The van der Waals surface area contributed by atoms with Crippen LogP contribution in [0.25, 0.3) is 0 Å². The van der Waals surface area contributed by atoms with Crippen molar-refractivity contribution < 1.29 is 9.47 Å². The molecule has 0 amide bonds. The molecule has 54 valence electrons. The molecule has 2 nitrogen and oxygen atoms in total. The molecule has 0 aliphatic rings. The summed E-state index contributed by atoms with van der Waals surface area (Å²) in [4.78, 5) is 0. The van der Waals surface area contributed by atoms with Crippen molar-refractivity contribution in [2.75, 3.05) is 13.2 Å². The quantitative estimate of drug-likeness (QED) is 0.572. The average molecular weight is 151 g/mol. The molecule has 0 N–H and O–H groups in total. The minimum absolute atomic E-state index is 0.390. The molecule has 9 heavy (non-hydrogen) atoms. The SMILES string of the molecule is CCOC(=CCl)OCC. The first-order valence-electron chi connectivity index (χ1n) is 2.91. The van der Waals surface area contributed by atoms with Gasteiger partial charge in [-0.3, -0.25) is 0 Å². The largest absolute Gasteiger partial charge is 0.465 e. The maximum Gasteiger partial charge on any atom is 0.290 e. The van der Waals surface area contributed by atoms with Gasteiger partial charge in [0.05, 0.1) is 18.7 Å². The van der Waals surface area contributed by atoms with Crippen molar-refractivity contribution in [2.24, 2.45) is 0 Å². The number of rotatable bonds is 4. The summed E-state index contributed by atoms with van der Waals surface area (Å²) in [7, 11) is 0. The van der Waals surface area contributed by atoms with Crippen molar-refractivity contribution >= 4 is 11.6 Å². The van der Waals surface area contributed by atoms with Crippen molar-refractivity contribution in [1.82, 2.24) is 0 Å². The predicted molar refractivity (Wildman–Crippen MR) is 37.2 cm³/mol. The molecule has 0 radical (unpaired) electrons. The molecule has 0 heterocycles. The summed E-state index contributed by atoms with van der Waals surface area (Å²) in [6, 6.07) is 0. The molecule has 0 aliphatic heterocycles. The highest BCUT2D eigenvalue weighted by molar-refractivity contribution is 6.25. The van der Waals surface area contributed by atoms with Gasteiger partial charge in [-0.2, -0.15) is 0 Å². The lowest BCUT2D eigenvalue weighted by Gasteiger charge is -2.05. The van der Waals surface area contributed by atoms with Gasteiger partial charge in [-0.25, -0.2) is 0 Å². The second-order valence-corrected chi connectivity index (χ2v) is 1.51. The van der Waals surface area contributed by atoms with E-state index in [1.807, 2.05) is 13.8 Å². The third-order valence-electron chi connectivity index (χ3n) is 0.662. The highest BCUT2D eigenvalue weighted by Crippen LogP contribution is 2.00. The lowest BCUT2D eigenvalue weighted by molar-refractivity contribution is 0.0477. The molecule has 0 bridgehead atoms. The highest BCUT2D eigenvalue weighted by Gasteiger charge is 1.91. The zero-order chi connectivity index (χ0) is 7.11. The number of hydrogen-bond donors (Lipinski definition) is 0. The van der Waals surface area contributed by atoms with Crippen molar-refractivity contribution in [1.29, 1.82) is 0 Å². The maximum absolute atomic E-state index is 5.31. The second kappa shape index (κ2) is 5.76. The minimum atomic E-state index is 0.390. The van der Waals surface area contributed by atoms with Gasteiger partial charge in [0, 0.05) is 0 Å². The van der Waals surface area contributed by atoms with Crippen LogP contribution < -0.4 is 0 Å². The van der Waals surface area contributed by atoms with Crippen LogP contribution in [0.5, 0.6) is 0 Å². The zero-order valence-corrected chi connectivity index (χ0v) is 6.44. The van der Waals surface area contributed by atoms with Crippen molar-refractivity contribution in [3.05, 3.63) is 11.5 Å². The van der Waals surface area contributed by atoms with E-state index in [1.54, 1.807) is 0 Å². The molecule has 0 rings (SSSR count). The van der Waals surface area contributed by atoms with E-state index in [0.29, 0.717) is 19.2 Å². The fourth-order valence-corrected chi connectivity index (χ4v) is 0.515. The van der Waals surface area contributed by atoms with E-state index in [-0.39, 0.29) is 0 Å². The first-order valence-corrected chi connectivity index (χ1v) is 3.34. The molecule has 0 aromatic rings. The predicted octanol–water partition coefficient (Wildman–Crippen LogP) is 2.10. The zero-order valence-electron chi connectivity index (χ0n) is 5.69.